The number of hydrogen-bond donors (Lipinski definition) is 1. The molecule has 0 unspecified atom stereocenters. The van der Waals surface area contributed by atoms with Crippen molar-refractivity contribution in [3.63, 3.8) is 0 Å². The molecule has 0 saturated carbocycles. The molecule has 2 N–H and O–H groups in total. The lowest BCUT2D eigenvalue weighted by atomic mass is 10.1. The molecule has 3 rings (SSSR count). The summed E-state index contributed by atoms with van der Waals surface area (Å²) < 4.78 is 0. The fourth-order valence-corrected chi connectivity index (χ4v) is 2.58. The zero-order valence-corrected chi connectivity index (χ0v) is 11.0. The molecule has 18 heavy (non-hydrogen) atoms. The van der Waals surface area contributed by atoms with Crippen LogP contribution in [0.4, 0.5) is 5.13 Å². The monoisotopic (exact) mass is 256 g/mol. The van der Waals surface area contributed by atoms with E-state index in [1.165, 1.54) is 16.9 Å². The minimum Gasteiger partial charge on any atom is -0.375 e. The minimum atomic E-state index is 0.589. The van der Waals surface area contributed by atoms with Crippen LogP contribution in [0.25, 0.3) is 21.3 Å². The second kappa shape index (κ2) is 4.03. The van der Waals surface area contributed by atoms with Gasteiger partial charge in [0.25, 0.3) is 0 Å². The highest BCUT2D eigenvalue weighted by molar-refractivity contribution is 7.18. The number of rotatable bonds is 1. The van der Waals surface area contributed by atoms with E-state index in [4.69, 9.17) is 5.73 Å². The van der Waals surface area contributed by atoms with Crippen LogP contribution in [0, 0.1) is 13.8 Å². The molecule has 5 heteroatoms. The van der Waals surface area contributed by atoms with Crippen molar-refractivity contribution >= 4 is 27.4 Å². The second-order valence-corrected chi connectivity index (χ2v) is 5.27. The quantitative estimate of drug-likeness (QED) is 0.727. The first-order chi connectivity index (χ1) is 8.65. The van der Waals surface area contributed by atoms with E-state index < -0.39 is 0 Å². The molecular weight excluding hydrogens is 244 g/mol. The molecule has 4 nitrogen and oxygen atoms in total. The number of fused-ring (bicyclic) bond motifs is 1. The topological polar surface area (TPSA) is 64.7 Å². The maximum Gasteiger partial charge on any atom is 0.180 e. The van der Waals surface area contributed by atoms with Crippen molar-refractivity contribution < 1.29 is 0 Å². The first-order valence-corrected chi connectivity index (χ1v) is 6.42. The van der Waals surface area contributed by atoms with Crippen LogP contribution in [-0.4, -0.2) is 15.2 Å². The van der Waals surface area contributed by atoms with Gasteiger partial charge in [0.1, 0.15) is 0 Å². The molecule has 0 aliphatic rings. The predicted molar refractivity (Wildman–Crippen MR) is 74.5 cm³/mol. The van der Waals surface area contributed by atoms with Crippen LogP contribution in [0.3, 0.4) is 0 Å². The van der Waals surface area contributed by atoms with Gasteiger partial charge in [-0.2, -0.15) is 10.2 Å². The Bertz CT molecular complexity index is 733. The maximum absolute atomic E-state index is 5.67. The summed E-state index contributed by atoms with van der Waals surface area (Å²) in [5.74, 6) is 0. The first kappa shape index (κ1) is 11.1. The normalized spacial score (nSPS) is 11.0. The largest absolute Gasteiger partial charge is 0.375 e. The zero-order valence-electron chi connectivity index (χ0n) is 10.1. The van der Waals surface area contributed by atoms with Crippen LogP contribution < -0.4 is 5.73 Å². The molecule has 90 valence electrons. The zero-order chi connectivity index (χ0) is 12.7. The highest BCUT2D eigenvalue weighted by atomic mass is 32.1. The molecule has 2 heterocycles. The van der Waals surface area contributed by atoms with E-state index in [0.29, 0.717) is 5.13 Å². The molecule has 0 amide bonds. The van der Waals surface area contributed by atoms with E-state index in [1.807, 2.05) is 19.1 Å². The summed E-state index contributed by atoms with van der Waals surface area (Å²) in [5.41, 5.74) is 9.83. The molecule has 0 aliphatic heterocycles. The van der Waals surface area contributed by atoms with E-state index >= 15 is 0 Å². The summed E-state index contributed by atoms with van der Waals surface area (Å²) in [4.78, 5) is 5.15. The Labute approximate surface area is 109 Å². The van der Waals surface area contributed by atoms with E-state index in [9.17, 15) is 0 Å². The lowest BCUT2D eigenvalue weighted by Gasteiger charge is -2.05. The summed E-state index contributed by atoms with van der Waals surface area (Å²) >= 11 is 1.49. The molecule has 0 aliphatic carbocycles. The maximum atomic E-state index is 5.67. The molecule has 0 bridgehead atoms. The summed E-state index contributed by atoms with van der Waals surface area (Å²) in [6, 6.07) is 6.14. The summed E-state index contributed by atoms with van der Waals surface area (Å²) in [6.45, 7) is 4.04. The Morgan fingerprint density at radius 1 is 1.17 bits per heavy atom. The van der Waals surface area contributed by atoms with Crippen molar-refractivity contribution in [1.29, 1.82) is 0 Å². The number of aromatic nitrogens is 3. The molecule has 2 aromatic heterocycles. The number of nitrogens with zero attached hydrogens (tertiary/aromatic N) is 3. The van der Waals surface area contributed by atoms with Crippen molar-refractivity contribution in [2.24, 2.45) is 0 Å². The SMILES string of the molecule is Cc1nnc2ccc(-c3cnc(N)s3)cc2c1C. The van der Waals surface area contributed by atoms with Crippen LogP contribution in [0.1, 0.15) is 11.3 Å². The Morgan fingerprint density at radius 3 is 2.72 bits per heavy atom. The smallest absolute Gasteiger partial charge is 0.180 e. The van der Waals surface area contributed by atoms with Gasteiger partial charge in [0, 0.05) is 11.6 Å². The molecule has 0 saturated heterocycles. The fraction of sp³-hybridized carbons (Fsp3) is 0.154. The van der Waals surface area contributed by atoms with Crippen LogP contribution in [-0.2, 0) is 0 Å². The van der Waals surface area contributed by atoms with Crippen molar-refractivity contribution in [3.05, 3.63) is 35.7 Å². The average Bonchev–Trinajstić information content (AvgIpc) is 2.80. The molecule has 0 radical (unpaired) electrons. The van der Waals surface area contributed by atoms with Crippen molar-refractivity contribution in [2.45, 2.75) is 13.8 Å². The van der Waals surface area contributed by atoms with Gasteiger partial charge in [0.05, 0.1) is 16.1 Å². The van der Waals surface area contributed by atoms with E-state index in [-0.39, 0.29) is 0 Å². The van der Waals surface area contributed by atoms with Gasteiger partial charge in [-0.15, -0.1) is 0 Å². The number of aryl methyl sites for hydroxylation is 2. The number of nitrogen functional groups attached to an aromatic ring is 1. The van der Waals surface area contributed by atoms with Gasteiger partial charge in [-0.25, -0.2) is 4.98 Å². The molecule has 1 aromatic carbocycles. The van der Waals surface area contributed by atoms with Gasteiger partial charge in [-0.3, -0.25) is 0 Å². The third-order valence-corrected chi connectivity index (χ3v) is 3.93. The number of nitrogens with two attached hydrogens (primary N) is 1. The van der Waals surface area contributed by atoms with Crippen LogP contribution in [0.15, 0.2) is 24.4 Å². The highest BCUT2D eigenvalue weighted by Gasteiger charge is 2.07. The number of thiazole rings is 1. The molecule has 0 atom stereocenters. The summed E-state index contributed by atoms with van der Waals surface area (Å²) in [7, 11) is 0. The number of anilines is 1. The Hall–Kier alpha value is -2.01. The van der Waals surface area contributed by atoms with Crippen molar-refractivity contribution in [1.82, 2.24) is 15.2 Å². The van der Waals surface area contributed by atoms with Crippen LogP contribution in [0.5, 0.6) is 0 Å². The minimum absolute atomic E-state index is 0.589. The molecule has 0 fully saturated rings. The van der Waals surface area contributed by atoms with E-state index in [1.54, 1.807) is 6.20 Å². The Balaban J connectivity index is 2.24. The van der Waals surface area contributed by atoms with Gasteiger partial charge < -0.3 is 5.73 Å². The first-order valence-electron chi connectivity index (χ1n) is 5.60. The summed E-state index contributed by atoms with van der Waals surface area (Å²) in [6.07, 6.45) is 1.80. The Morgan fingerprint density at radius 2 is 2.00 bits per heavy atom. The number of hydrogen-bond acceptors (Lipinski definition) is 5. The number of benzene rings is 1. The van der Waals surface area contributed by atoms with E-state index in [0.717, 1.165) is 27.0 Å². The highest BCUT2D eigenvalue weighted by Crippen LogP contribution is 2.30. The lowest BCUT2D eigenvalue weighted by molar-refractivity contribution is 1.00. The summed E-state index contributed by atoms with van der Waals surface area (Å²) in [5, 5.41) is 10.0. The average molecular weight is 256 g/mol. The standard InChI is InChI=1S/C13H12N4S/c1-7-8(2)16-17-11-4-3-9(5-10(7)11)12-6-15-13(14)18-12/h3-6H,1-2H3,(H2,14,15). The molecular formula is C13H12N4S. The predicted octanol–water partition coefficient (Wildman–Crippen LogP) is 2.95. The van der Waals surface area contributed by atoms with Crippen molar-refractivity contribution in [2.75, 3.05) is 5.73 Å². The lowest BCUT2D eigenvalue weighted by Crippen LogP contribution is -1.93. The van der Waals surface area contributed by atoms with Gasteiger partial charge in [0.15, 0.2) is 5.13 Å². The van der Waals surface area contributed by atoms with E-state index in [2.05, 4.69) is 28.2 Å². The van der Waals surface area contributed by atoms with Gasteiger partial charge >= 0.3 is 0 Å². The molecule has 0 spiro atoms. The van der Waals surface area contributed by atoms with Gasteiger partial charge in [-0.05, 0) is 37.1 Å². The fourth-order valence-electron chi connectivity index (χ4n) is 1.90. The third-order valence-electron chi connectivity index (χ3n) is 3.06. The Kier molecular flexibility index (Phi) is 2.48. The van der Waals surface area contributed by atoms with Crippen molar-refractivity contribution in [3.8, 4) is 10.4 Å². The van der Waals surface area contributed by atoms with Gasteiger partial charge in [-0.1, -0.05) is 17.4 Å². The third kappa shape index (κ3) is 1.73. The van der Waals surface area contributed by atoms with Crippen LogP contribution in [0.2, 0.25) is 0 Å². The van der Waals surface area contributed by atoms with Gasteiger partial charge in [0.2, 0.25) is 0 Å². The second-order valence-electron chi connectivity index (χ2n) is 4.21. The van der Waals surface area contributed by atoms with Crippen LogP contribution >= 0.6 is 11.3 Å². The molecule has 3 aromatic rings.